The molecule has 0 aliphatic carbocycles. The molecule has 23 heavy (non-hydrogen) atoms. The topological polar surface area (TPSA) is 6.48 Å². The van der Waals surface area contributed by atoms with Gasteiger partial charge in [0.15, 0.2) is 0 Å². The Hall–Kier alpha value is -1.80. The zero-order valence-corrected chi connectivity index (χ0v) is 14.4. The first kappa shape index (κ1) is 14.8. The molecule has 2 heterocycles. The molecule has 0 fully saturated rings. The zero-order valence-electron chi connectivity index (χ0n) is 14.4. The summed E-state index contributed by atoms with van der Waals surface area (Å²) in [5, 5.41) is 0. The molecule has 0 saturated heterocycles. The SMILES string of the molecule is CC1c2cccc3c2N(c2ccccc2CC3)C1CCN(C)C. The van der Waals surface area contributed by atoms with E-state index in [1.165, 1.54) is 28.9 Å². The Morgan fingerprint density at radius 3 is 2.57 bits per heavy atom. The maximum Gasteiger partial charge on any atom is 0.0482 e. The Kier molecular flexibility index (Phi) is 3.65. The molecule has 0 N–H and O–H groups in total. The van der Waals surface area contributed by atoms with Crippen molar-refractivity contribution in [3.05, 3.63) is 59.2 Å². The Labute approximate surface area is 139 Å². The molecular weight excluding hydrogens is 280 g/mol. The second kappa shape index (κ2) is 5.68. The van der Waals surface area contributed by atoms with Gasteiger partial charge in [0.25, 0.3) is 0 Å². The van der Waals surface area contributed by atoms with Gasteiger partial charge in [0, 0.05) is 23.3 Å². The Morgan fingerprint density at radius 2 is 1.74 bits per heavy atom. The van der Waals surface area contributed by atoms with Gasteiger partial charge in [0.05, 0.1) is 0 Å². The lowest BCUT2D eigenvalue weighted by Crippen LogP contribution is -2.33. The van der Waals surface area contributed by atoms with E-state index in [2.05, 4.69) is 73.3 Å². The number of hydrogen-bond acceptors (Lipinski definition) is 2. The van der Waals surface area contributed by atoms with Gasteiger partial charge in [-0.05, 0) is 62.7 Å². The van der Waals surface area contributed by atoms with E-state index in [0.29, 0.717) is 12.0 Å². The predicted molar refractivity (Wildman–Crippen MR) is 97.8 cm³/mol. The van der Waals surface area contributed by atoms with E-state index in [4.69, 9.17) is 0 Å². The molecule has 2 unspecified atom stereocenters. The van der Waals surface area contributed by atoms with E-state index >= 15 is 0 Å². The minimum absolute atomic E-state index is 0.563. The van der Waals surface area contributed by atoms with Gasteiger partial charge in [0.2, 0.25) is 0 Å². The van der Waals surface area contributed by atoms with E-state index in [-0.39, 0.29) is 0 Å². The minimum Gasteiger partial charge on any atom is -0.337 e. The van der Waals surface area contributed by atoms with E-state index < -0.39 is 0 Å². The predicted octanol–water partition coefficient (Wildman–Crippen LogP) is 4.36. The number of rotatable bonds is 3. The monoisotopic (exact) mass is 306 g/mol. The van der Waals surface area contributed by atoms with Crippen molar-refractivity contribution in [1.29, 1.82) is 0 Å². The van der Waals surface area contributed by atoms with Crippen LogP contribution in [0.2, 0.25) is 0 Å². The second-order valence-electron chi connectivity index (χ2n) is 7.30. The van der Waals surface area contributed by atoms with Gasteiger partial charge in [-0.25, -0.2) is 0 Å². The normalized spacial score (nSPS) is 22.0. The van der Waals surface area contributed by atoms with Crippen molar-refractivity contribution in [3.63, 3.8) is 0 Å². The van der Waals surface area contributed by atoms with E-state index in [1.54, 1.807) is 5.56 Å². The number of benzene rings is 2. The third-order valence-corrected chi connectivity index (χ3v) is 5.58. The fourth-order valence-electron chi connectivity index (χ4n) is 4.37. The zero-order chi connectivity index (χ0) is 16.0. The third kappa shape index (κ3) is 2.36. The smallest absolute Gasteiger partial charge is 0.0482 e. The van der Waals surface area contributed by atoms with Gasteiger partial charge in [-0.15, -0.1) is 0 Å². The van der Waals surface area contributed by atoms with Crippen molar-refractivity contribution >= 4 is 11.4 Å². The summed E-state index contributed by atoms with van der Waals surface area (Å²) in [6, 6.07) is 16.5. The summed E-state index contributed by atoms with van der Waals surface area (Å²) in [7, 11) is 4.35. The first-order valence-electron chi connectivity index (χ1n) is 8.80. The molecule has 2 aromatic carbocycles. The van der Waals surface area contributed by atoms with Crippen LogP contribution in [0.25, 0.3) is 0 Å². The molecule has 120 valence electrons. The molecule has 2 heteroatoms. The first-order chi connectivity index (χ1) is 11.2. The van der Waals surface area contributed by atoms with Crippen LogP contribution in [0.5, 0.6) is 0 Å². The Balaban J connectivity index is 1.85. The van der Waals surface area contributed by atoms with Crippen molar-refractivity contribution in [3.8, 4) is 0 Å². The fraction of sp³-hybridized carbons (Fsp3) is 0.429. The lowest BCUT2D eigenvalue weighted by molar-refractivity contribution is 0.372. The highest BCUT2D eigenvalue weighted by atomic mass is 15.2. The van der Waals surface area contributed by atoms with Crippen LogP contribution in [0.15, 0.2) is 42.5 Å². The molecule has 0 aromatic heterocycles. The summed E-state index contributed by atoms with van der Waals surface area (Å²) < 4.78 is 0. The van der Waals surface area contributed by atoms with Crippen molar-refractivity contribution in [2.75, 3.05) is 25.5 Å². The van der Waals surface area contributed by atoms with Crippen LogP contribution in [0.4, 0.5) is 11.4 Å². The molecule has 2 aliphatic heterocycles. The number of fused-ring (bicyclic) bond motifs is 2. The Morgan fingerprint density at radius 1 is 1.00 bits per heavy atom. The number of para-hydroxylation sites is 2. The van der Waals surface area contributed by atoms with Crippen LogP contribution in [0, 0.1) is 0 Å². The van der Waals surface area contributed by atoms with Gasteiger partial charge in [-0.3, -0.25) is 0 Å². The van der Waals surface area contributed by atoms with Gasteiger partial charge in [-0.2, -0.15) is 0 Å². The standard InChI is InChI=1S/C21H26N2/c1-15-18-9-6-8-17-12-11-16-7-4-5-10-20(16)23(21(17)18)19(15)13-14-22(2)3/h4-10,15,19H,11-14H2,1-3H3. The molecule has 2 nitrogen and oxygen atoms in total. The van der Waals surface area contributed by atoms with Crippen LogP contribution in [0.1, 0.15) is 36.0 Å². The maximum absolute atomic E-state index is 2.67. The summed E-state index contributed by atoms with van der Waals surface area (Å²) in [6.07, 6.45) is 3.51. The van der Waals surface area contributed by atoms with Crippen molar-refractivity contribution in [2.24, 2.45) is 0 Å². The van der Waals surface area contributed by atoms with Crippen molar-refractivity contribution in [1.82, 2.24) is 4.90 Å². The largest absolute Gasteiger partial charge is 0.337 e. The number of hydrogen-bond donors (Lipinski definition) is 0. The van der Waals surface area contributed by atoms with E-state index in [9.17, 15) is 0 Å². The number of aryl methyl sites for hydroxylation is 2. The average molecular weight is 306 g/mol. The maximum atomic E-state index is 2.67. The number of nitrogens with zero attached hydrogens (tertiary/aromatic N) is 2. The summed E-state index contributed by atoms with van der Waals surface area (Å²) in [4.78, 5) is 4.97. The summed E-state index contributed by atoms with van der Waals surface area (Å²) in [6.45, 7) is 3.55. The molecule has 0 amide bonds. The van der Waals surface area contributed by atoms with Gasteiger partial charge >= 0.3 is 0 Å². The molecule has 0 bridgehead atoms. The second-order valence-corrected chi connectivity index (χ2v) is 7.30. The summed E-state index contributed by atoms with van der Waals surface area (Å²) in [5.41, 5.74) is 7.51. The van der Waals surface area contributed by atoms with E-state index in [0.717, 1.165) is 19.4 Å². The van der Waals surface area contributed by atoms with Crippen molar-refractivity contribution in [2.45, 2.75) is 38.1 Å². The number of anilines is 2. The highest BCUT2D eigenvalue weighted by Crippen LogP contribution is 2.50. The fourth-order valence-corrected chi connectivity index (χ4v) is 4.37. The van der Waals surface area contributed by atoms with Crippen molar-refractivity contribution < 1.29 is 0 Å². The first-order valence-corrected chi connectivity index (χ1v) is 8.80. The molecule has 0 spiro atoms. The molecule has 2 aromatic rings. The lowest BCUT2D eigenvalue weighted by Gasteiger charge is -2.31. The van der Waals surface area contributed by atoms with Crippen LogP contribution >= 0.6 is 0 Å². The molecule has 0 radical (unpaired) electrons. The van der Waals surface area contributed by atoms with Gasteiger partial charge < -0.3 is 9.80 Å². The van der Waals surface area contributed by atoms with Crippen LogP contribution in [-0.4, -0.2) is 31.6 Å². The summed E-state index contributed by atoms with van der Waals surface area (Å²) in [5.74, 6) is 0.594. The van der Waals surface area contributed by atoms with Crippen LogP contribution in [0.3, 0.4) is 0 Å². The molecule has 2 aliphatic rings. The quantitative estimate of drug-likeness (QED) is 0.831. The molecule has 4 rings (SSSR count). The molecular formula is C21H26N2. The van der Waals surface area contributed by atoms with Gasteiger partial charge in [0.1, 0.15) is 0 Å². The van der Waals surface area contributed by atoms with Gasteiger partial charge in [-0.1, -0.05) is 43.3 Å². The summed E-state index contributed by atoms with van der Waals surface area (Å²) >= 11 is 0. The molecule has 0 saturated carbocycles. The van der Waals surface area contributed by atoms with Crippen LogP contribution in [-0.2, 0) is 12.8 Å². The average Bonchev–Trinajstić information content (AvgIpc) is 2.73. The highest BCUT2D eigenvalue weighted by molar-refractivity contribution is 5.78. The Bertz CT molecular complexity index is 720. The lowest BCUT2D eigenvalue weighted by atomic mass is 9.92. The van der Waals surface area contributed by atoms with Crippen LogP contribution < -0.4 is 4.90 Å². The van der Waals surface area contributed by atoms with E-state index in [1.807, 2.05) is 0 Å². The molecule has 2 atom stereocenters. The third-order valence-electron chi connectivity index (χ3n) is 5.58. The highest BCUT2D eigenvalue weighted by Gasteiger charge is 2.39. The minimum atomic E-state index is 0.563.